The molecule has 0 bridgehead atoms. The third-order valence-electron chi connectivity index (χ3n) is 2.42. The van der Waals surface area contributed by atoms with Crippen LogP contribution in [-0.2, 0) is 6.54 Å². The topological polar surface area (TPSA) is 57.8 Å². The number of benzene rings is 1. The van der Waals surface area contributed by atoms with Crippen molar-refractivity contribution in [3.8, 4) is 0 Å². The lowest BCUT2D eigenvalue weighted by molar-refractivity contribution is 0.0950. The molecule has 0 saturated heterocycles. The van der Waals surface area contributed by atoms with Crippen molar-refractivity contribution in [1.29, 1.82) is 0 Å². The van der Waals surface area contributed by atoms with E-state index in [0.717, 1.165) is 5.56 Å². The number of amides is 1. The smallest absolute Gasteiger partial charge is 0.255 e. The summed E-state index contributed by atoms with van der Waals surface area (Å²) in [6, 6.07) is 6.12. The van der Waals surface area contributed by atoms with Gasteiger partial charge in [-0.05, 0) is 24.6 Å². The first-order valence-electron chi connectivity index (χ1n) is 5.19. The van der Waals surface area contributed by atoms with Crippen molar-refractivity contribution in [2.45, 2.75) is 13.5 Å². The molecule has 2 rings (SSSR count). The zero-order valence-corrected chi connectivity index (χ0v) is 9.33. The number of hydrogen-bond donors (Lipinski definition) is 2. The summed E-state index contributed by atoms with van der Waals surface area (Å²) in [5.41, 5.74) is 1.93. The molecule has 17 heavy (non-hydrogen) atoms. The third-order valence-corrected chi connectivity index (χ3v) is 2.42. The molecule has 2 N–H and O–H groups in total. The maximum absolute atomic E-state index is 12.9. The minimum Gasteiger partial charge on any atom is -0.348 e. The number of rotatable bonds is 3. The van der Waals surface area contributed by atoms with Crippen molar-refractivity contribution >= 4 is 5.91 Å². The highest BCUT2D eigenvalue weighted by atomic mass is 19.1. The zero-order valence-electron chi connectivity index (χ0n) is 9.33. The fourth-order valence-electron chi connectivity index (χ4n) is 1.50. The molecule has 5 heteroatoms. The first kappa shape index (κ1) is 11.3. The number of halogens is 1. The van der Waals surface area contributed by atoms with Gasteiger partial charge in [-0.3, -0.25) is 9.89 Å². The molecule has 2 aromatic rings. The standard InChI is InChI=1S/C12H12FN3O/c1-8-11(7-15-16-8)12(17)14-6-9-3-2-4-10(13)5-9/h2-5,7H,6H2,1H3,(H,14,17)(H,15,16). The molecule has 0 aliphatic carbocycles. The predicted molar refractivity (Wildman–Crippen MR) is 60.9 cm³/mol. The number of nitrogens with one attached hydrogen (secondary N) is 2. The molecule has 1 heterocycles. The first-order valence-corrected chi connectivity index (χ1v) is 5.19. The maximum atomic E-state index is 12.9. The van der Waals surface area contributed by atoms with E-state index in [9.17, 15) is 9.18 Å². The normalized spacial score (nSPS) is 10.2. The maximum Gasteiger partial charge on any atom is 0.255 e. The summed E-state index contributed by atoms with van der Waals surface area (Å²) < 4.78 is 12.9. The number of carbonyl (C=O) groups excluding carboxylic acids is 1. The van der Waals surface area contributed by atoms with Crippen LogP contribution in [0.5, 0.6) is 0 Å². The van der Waals surface area contributed by atoms with Crippen LogP contribution in [-0.4, -0.2) is 16.1 Å². The van der Waals surface area contributed by atoms with Crippen molar-refractivity contribution in [2.75, 3.05) is 0 Å². The molecular formula is C12H12FN3O. The van der Waals surface area contributed by atoms with E-state index in [-0.39, 0.29) is 11.7 Å². The van der Waals surface area contributed by atoms with E-state index in [4.69, 9.17) is 0 Å². The third kappa shape index (κ3) is 2.69. The fraction of sp³-hybridized carbons (Fsp3) is 0.167. The number of carbonyl (C=O) groups is 1. The van der Waals surface area contributed by atoms with Crippen LogP contribution in [0, 0.1) is 12.7 Å². The van der Waals surface area contributed by atoms with Crippen molar-refractivity contribution in [1.82, 2.24) is 15.5 Å². The summed E-state index contributed by atoms with van der Waals surface area (Å²) in [5.74, 6) is -0.531. The van der Waals surface area contributed by atoms with Gasteiger partial charge in [-0.15, -0.1) is 0 Å². The summed E-state index contributed by atoms with van der Waals surface area (Å²) in [6.07, 6.45) is 1.47. The number of nitrogens with zero attached hydrogens (tertiary/aromatic N) is 1. The summed E-state index contributed by atoms with van der Waals surface area (Å²) >= 11 is 0. The quantitative estimate of drug-likeness (QED) is 0.849. The molecule has 0 aliphatic rings. The van der Waals surface area contributed by atoms with Crippen LogP contribution in [0.15, 0.2) is 30.5 Å². The number of aryl methyl sites for hydroxylation is 1. The highest BCUT2D eigenvalue weighted by molar-refractivity contribution is 5.94. The molecule has 1 aromatic carbocycles. The van der Waals surface area contributed by atoms with Crippen LogP contribution in [0.4, 0.5) is 4.39 Å². The Kier molecular flexibility index (Phi) is 3.18. The van der Waals surface area contributed by atoms with Gasteiger partial charge < -0.3 is 5.32 Å². The average Bonchev–Trinajstić information content (AvgIpc) is 2.72. The molecule has 0 radical (unpaired) electrons. The van der Waals surface area contributed by atoms with Crippen LogP contribution < -0.4 is 5.32 Å². The van der Waals surface area contributed by atoms with Gasteiger partial charge in [-0.25, -0.2) is 4.39 Å². The van der Waals surface area contributed by atoms with Gasteiger partial charge in [-0.2, -0.15) is 5.10 Å². The van der Waals surface area contributed by atoms with Gasteiger partial charge in [0.15, 0.2) is 0 Å². The lowest BCUT2D eigenvalue weighted by Gasteiger charge is -2.04. The Morgan fingerprint density at radius 1 is 1.53 bits per heavy atom. The van der Waals surface area contributed by atoms with Gasteiger partial charge in [0, 0.05) is 12.2 Å². The molecule has 0 spiro atoms. The second-order valence-electron chi connectivity index (χ2n) is 3.72. The molecule has 0 aliphatic heterocycles. The number of aromatic amines is 1. The monoisotopic (exact) mass is 233 g/mol. The van der Waals surface area contributed by atoms with Crippen molar-refractivity contribution < 1.29 is 9.18 Å². The molecule has 0 atom stereocenters. The summed E-state index contributed by atoms with van der Waals surface area (Å²) in [5, 5.41) is 9.16. The average molecular weight is 233 g/mol. The van der Waals surface area contributed by atoms with E-state index in [1.807, 2.05) is 0 Å². The molecule has 1 aromatic heterocycles. The summed E-state index contributed by atoms with van der Waals surface area (Å²) in [7, 11) is 0. The molecule has 88 valence electrons. The Balaban J connectivity index is 1.99. The number of aromatic nitrogens is 2. The summed E-state index contributed by atoms with van der Waals surface area (Å²) in [6.45, 7) is 2.06. The van der Waals surface area contributed by atoms with Gasteiger partial charge in [0.25, 0.3) is 5.91 Å². The van der Waals surface area contributed by atoms with E-state index in [2.05, 4.69) is 15.5 Å². The first-order chi connectivity index (χ1) is 8.16. The van der Waals surface area contributed by atoms with Gasteiger partial charge in [0.2, 0.25) is 0 Å². The molecule has 0 fully saturated rings. The zero-order chi connectivity index (χ0) is 12.3. The van der Waals surface area contributed by atoms with Crippen LogP contribution in [0.2, 0.25) is 0 Å². The highest BCUT2D eigenvalue weighted by Gasteiger charge is 2.09. The van der Waals surface area contributed by atoms with Crippen molar-refractivity contribution in [3.05, 3.63) is 53.1 Å². The Bertz CT molecular complexity index is 536. The van der Waals surface area contributed by atoms with Crippen LogP contribution in [0.25, 0.3) is 0 Å². The molecule has 0 unspecified atom stereocenters. The minimum atomic E-state index is -0.309. The predicted octanol–water partition coefficient (Wildman–Crippen LogP) is 1.79. The van der Waals surface area contributed by atoms with Gasteiger partial charge in [-0.1, -0.05) is 12.1 Å². The fourth-order valence-corrected chi connectivity index (χ4v) is 1.50. The Morgan fingerprint density at radius 3 is 3.00 bits per heavy atom. The second-order valence-corrected chi connectivity index (χ2v) is 3.72. The number of H-pyrrole nitrogens is 1. The Morgan fingerprint density at radius 2 is 2.35 bits per heavy atom. The molecule has 1 amide bonds. The van der Waals surface area contributed by atoms with Crippen LogP contribution >= 0.6 is 0 Å². The lowest BCUT2D eigenvalue weighted by atomic mass is 10.2. The Labute approximate surface area is 97.9 Å². The van der Waals surface area contributed by atoms with E-state index >= 15 is 0 Å². The number of hydrogen-bond acceptors (Lipinski definition) is 2. The molecular weight excluding hydrogens is 221 g/mol. The van der Waals surface area contributed by atoms with Crippen molar-refractivity contribution in [3.63, 3.8) is 0 Å². The largest absolute Gasteiger partial charge is 0.348 e. The summed E-state index contributed by atoms with van der Waals surface area (Å²) in [4.78, 5) is 11.7. The van der Waals surface area contributed by atoms with Gasteiger partial charge >= 0.3 is 0 Å². The minimum absolute atomic E-state index is 0.222. The van der Waals surface area contributed by atoms with Gasteiger partial charge in [0.05, 0.1) is 11.8 Å². The molecule has 0 saturated carbocycles. The van der Waals surface area contributed by atoms with E-state index in [0.29, 0.717) is 17.8 Å². The van der Waals surface area contributed by atoms with E-state index in [1.54, 1.807) is 19.1 Å². The van der Waals surface area contributed by atoms with E-state index < -0.39 is 0 Å². The highest BCUT2D eigenvalue weighted by Crippen LogP contribution is 2.05. The molecule has 4 nitrogen and oxygen atoms in total. The van der Waals surface area contributed by atoms with Gasteiger partial charge in [0.1, 0.15) is 5.82 Å². The van der Waals surface area contributed by atoms with Crippen LogP contribution in [0.1, 0.15) is 21.6 Å². The lowest BCUT2D eigenvalue weighted by Crippen LogP contribution is -2.23. The van der Waals surface area contributed by atoms with Crippen molar-refractivity contribution in [2.24, 2.45) is 0 Å². The van der Waals surface area contributed by atoms with Crippen LogP contribution in [0.3, 0.4) is 0 Å². The SMILES string of the molecule is Cc1[nH]ncc1C(=O)NCc1cccc(F)c1. The second kappa shape index (κ2) is 4.78. The van der Waals surface area contributed by atoms with E-state index in [1.165, 1.54) is 18.3 Å². The Hall–Kier alpha value is -2.17.